The molecule has 0 aromatic heterocycles. The average Bonchev–Trinajstić information content (AvgIpc) is 3.09. The molecule has 0 aromatic rings. The lowest BCUT2D eigenvalue weighted by Gasteiger charge is -2.31. The molecule has 25 heavy (non-hydrogen) atoms. The van der Waals surface area contributed by atoms with Gasteiger partial charge in [-0.2, -0.15) is 0 Å². The van der Waals surface area contributed by atoms with Crippen molar-refractivity contribution in [2.75, 3.05) is 40.3 Å². The zero-order valence-electron chi connectivity index (χ0n) is 16.6. The SMILES string of the molecule is CN=C(NCCN(C)C1CCCCC1)NC1CCN(C(=O)C(C)C)C1. The topological polar surface area (TPSA) is 60.0 Å². The highest BCUT2D eigenvalue weighted by Gasteiger charge is 2.28. The van der Waals surface area contributed by atoms with E-state index in [2.05, 4.69) is 27.6 Å². The molecule has 2 fully saturated rings. The van der Waals surface area contributed by atoms with Gasteiger partial charge >= 0.3 is 0 Å². The number of hydrogen-bond donors (Lipinski definition) is 2. The van der Waals surface area contributed by atoms with Gasteiger partial charge in [-0.1, -0.05) is 33.1 Å². The maximum absolute atomic E-state index is 12.1. The number of hydrogen-bond acceptors (Lipinski definition) is 3. The van der Waals surface area contributed by atoms with Crippen LogP contribution in [-0.4, -0.2) is 74.0 Å². The molecule has 1 saturated carbocycles. The first-order valence-electron chi connectivity index (χ1n) is 9.97. The second-order valence-electron chi connectivity index (χ2n) is 7.84. The average molecular weight is 352 g/mol. The lowest BCUT2D eigenvalue weighted by molar-refractivity contribution is -0.133. The Labute approximate surface area is 153 Å². The van der Waals surface area contributed by atoms with Crippen molar-refractivity contribution in [2.24, 2.45) is 10.9 Å². The second kappa shape index (κ2) is 10.00. The van der Waals surface area contributed by atoms with Crippen LogP contribution in [-0.2, 0) is 4.79 Å². The molecule has 0 aromatic carbocycles. The molecular weight excluding hydrogens is 314 g/mol. The van der Waals surface area contributed by atoms with E-state index in [1.807, 2.05) is 25.8 Å². The number of aliphatic imine (C=N–C) groups is 1. The lowest BCUT2D eigenvalue weighted by Crippen LogP contribution is -2.47. The van der Waals surface area contributed by atoms with Gasteiger partial charge in [0.05, 0.1) is 0 Å². The quantitative estimate of drug-likeness (QED) is 0.565. The number of rotatable bonds is 6. The maximum atomic E-state index is 12.1. The fourth-order valence-corrected chi connectivity index (χ4v) is 3.89. The number of likely N-dealkylation sites (tertiary alicyclic amines) is 1. The molecule has 1 unspecified atom stereocenters. The molecule has 1 heterocycles. The number of amides is 1. The van der Waals surface area contributed by atoms with E-state index in [9.17, 15) is 4.79 Å². The first-order chi connectivity index (χ1) is 12.0. The summed E-state index contributed by atoms with van der Waals surface area (Å²) in [6.45, 7) is 7.48. The Morgan fingerprint density at radius 3 is 2.60 bits per heavy atom. The minimum Gasteiger partial charge on any atom is -0.355 e. The first-order valence-corrected chi connectivity index (χ1v) is 9.97. The van der Waals surface area contributed by atoms with Crippen molar-refractivity contribution in [1.82, 2.24) is 20.4 Å². The molecule has 0 bridgehead atoms. The van der Waals surface area contributed by atoms with Crippen LogP contribution in [0, 0.1) is 5.92 Å². The van der Waals surface area contributed by atoms with Crippen LogP contribution < -0.4 is 10.6 Å². The lowest BCUT2D eigenvalue weighted by atomic mass is 9.94. The van der Waals surface area contributed by atoms with Crippen LogP contribution in [0.5, 0.6) is 0 Å². The minimum absolute atomic E-state index is 0.0755. The van der Waals surface area contributed by atoms with Crippen LogP contribution in [0.2, 0.25) is 0 Å². The normalized spacial score (nSPS) is 22.7. The van der Waals surface area contributed by atoms with Gasteiger partial charge < -0.3 is 20.4 Å². The van der Waals surface area contributed by atoms with Gasteiger partial charge in [-0.05, 0) is 26.3 Å². The van der Waals surface area contributed by atoms with E-state index in [4.69, 9.17) is 0 Å². The molecule has 2 aliphatic rings. The molecule has 1 atom stereocenters. The van der Waals surface area contributed by atoms with Gasteiger partial charge in [0.2, 0.25) is 5.91 Å². The molecule has 6 nitrogen and oxygen atoms in total. The first kappa shape index (κ1) is 20.0. The Morgan fingerprint density at radius 1 is 1.24 bits per heavy atom. The van der Waals surface area contributed by atoms with Gasteiger partial charge in [-0.15, -0.1) is 0 Å². The summed E-state index contributed by atoms with van der Waals surface area (Å²) >= 11 is 0. The summed E-state index contributed by atoms with van der Waals surface area (Å²) in [6.07, 6.45) is 7.81. The Bertz CT molecular complexity index is 445. The fraction of sp³-hybridized carbons (Fsp3) is 0.895. The summed E-state index contributed by atoms with van der Waals surface area (Å²) in [7, 11) is 4.05. The molecule has 1 amide bonds. The second-order valence-corrected chi connectivity index (χ2v) is 7.84. The van der Waals surface area contributed by atoms with E-state index in [1.165, 1.54) is 32.1 Å². The van der Waals surface area contributed by atoms with Crippen LogP contribution >= 0.6 is 0 Å². The van der Waals surface area contributed by atoms with Crippen LogP contribution in [0.1, 0.15) is 52.4 Å². The zero-order chi connectivity index (χ0) is 18.2. The number of guanidine groups is 1. The Morgan fingerprint density at radius 2 is 1.96 bits per heavy atom. The van der Waals surface area contributed by atoms with Crippen LogP contribution in [0.4, 0.5) is 0 Å². The number of carbonyl (C=O) groups excluding carboxylic acids is 1. The Balaban J connectivity index is 1.68. The predicted octanol–water partition coefficient (Wildman–Crippen LogP) is 1.67. The van der Waals surface area contributed by atoms with Gasteiger partial charge in [-0.3, -0.25) is 9.79 Å². The van der Waals surface area contributed by atoms with Crippen LogP contribution in [0.3, 0.4) is 0 Å². The number of nitrogens with zero attached hydrogens (tertiary/aromatic N) is 3. The van der Waals surface area contributed by atoms with E-state index in [0.717, 1.165) is 44.6 Å². The van der Waals surface area contributed by atoms with Gasteiger partial charge in [0.1, 0.15) is 0 Å². The molecule has 1 aliphatic heterocycles. The van der Waals surface area contributed by atoms with E-state index in [0.29, 0.717) is 6.04 Å². The highest BCUT2D eigenvalue weighted by Crippen LogP contribution is 2.21. The van der Waals surface area contributed by atoms with Gasteiger partial charge in [0, 0.05) is 51.2 Å². The fourth-order valence-electron chi connectivity index (χ4n) is 3.89. The summed E-state index contributed by atoms with van der Waals surface area (Å²) in [6, 6.07) is 1.04. The van der Waals surface area contributed by atoms with E-state index >= 15 is 0 Å². The predicted molar refractivity (Wildman–Crippen MR) is 104 cm³/mol. The van der Waals surface area contributed by atoms with Gasteiger partial charge in [0.15, 0.2) is 5.96 Å². The zero-order valence-corrected chi connectivity index (χ0v) is 16.6. The van der Waals surface area contributed by atoms with Gasteiger partial charge in [0.25, 0.3) is 0 Å². The number of likely N-dealkylation sites (N-methyl/N-ethyl adjacent to an activating group) is 1. The summed E-state index contributed by atoms with van der Waals surface area (Å²) in [4.78, 5) is 20.9. The Kier molecular flexibility index (Phi) is 8.00. The third-order valence-electron chi connectivity index (χ3n) is 5.51. The largest absolute Gasteiger partial charge is 0.355 e. The summed E-state index contributed by atoms with van der Waals surface area (Å²) in [5, 5.41) is 6.90. The highest BCUT2D eigenvalue weighted by atomic mass is 16.2. The number of nitrogens with one attached hydrogen (secondary N) is 2. The molecule has 2 N–H and O–H groups in total. The van der Waals surface area contributed by atoms with Crippen molar-refractivity contribution in [3.05, 3.63) is 0 Å². The summed E-state index contributed by atoms with van der Waals surface area (Å²) in [5.41, 5.74) is 0. The van der Waals surface area contributed by atoms with E-state index in [1.54, 1.807) is 0 Å². The van der Waals surface area contributed by atoms with Crippen molar-refractivity contribution in [2.45, 2.75) is 64.5 Å². The summed E-state index contributed by atoms with van der Waals surface area (Å²) < 4.78 is 0. The molecule has 0 spiro atoms. The Hall–Kier alpha value is -1.30. The molecule has 6 heteroatoms. The van der Waals surface area contributed by atoms with Crippen molar-refractivity contribution in [3.8, 4) is 0 Å². The highest BCUT2D eigenvalue weighted by molar-refractivity contribution is 5.81. The van der Waals surface area contributed by atoms with Crippen LogP contribution in [0.25, 0.3) is 0 Å². The van der Waals surface area contributed by atoms with Gasteiger partial charge in [-0.25, -0.2) is 0 Å². The molecule has 1 saturated heterocycles. The number of carbonyl (C=O) groups is 1. The summed E-state index contributed by atoms with van der Waals surface area (Å²) in [5.74, 6) is 1.17. The molecule has 144 valence electrons. The maximum Gasteiger partial charge on any atom is 0.225 e. The van der Waals surface area contributed by atoms with Crippen molar-refractivity contribution < 1.29 is 4.79 Å². The molecule has 0 radical (unpaired) electrons. The standard InChI is InChI=1S/C19H37N5O/c1-15(2)18(25)24-12-10-16(14-24)22-19(20-3)21-11-13-23(4)17-8-6-5-7-9-17/h15-17H,5-14H2,1-4H3,(H2,20,21,22). The molecule has 2 rings (SSSR count). The van der Waals surface area contributed by atoms with Crippen molar-refractivity contribution in [3.63, 3.8) is 0 Å². The van der Waals surface area contributed by atoms with Crippen LogP contribution in [0.15, 0.2) is 4.99 Å². The minimum atomic E-state index is 0.0755. The monoisotopic (exact) mass is 351 g/mol. The smallest absolute Gasteiger partial charge is 0.225 e. The third kappa shape index (κ3) is 6.17. The van der Waals surface area contributed by atoms with Crippen molar-refractivity contribution in [1.29, 1.82) is 0 Å². The van der Waals surface area contributed by atoms with E-state index < -0.39 is 0 Å². The van der Waals surface area contributed by atoms with Crippen molar-refractivity contribution >= 4 is 11.9 Å². The third-order valence-corrected chi connectivity index (χ3v) is 5.51. The molecule has 1 aliphatic carbocycles. The molecular formula is C19H37N5O. The van der Waals surface area contributed by atoms with E-state index in [-0.39, 0.29) is 11.8 Å².